The molecule has 0 unspecified atom stereocenters. The van der Waals surface area contributed by atoms with E-state index in [1.807, 2.05) is 13.0 Å². The van der Waals surface area contributed by atoms with E-state index < -0.39 is 36.0 Å². The Morgan fingerprint density at radius 2 is 1.41 bits per heavy atom. The van der Waals surface area contributed by atoms with Gasteiger partial charge in [-0.2, -0.15) is 13.2 Å². The highest BCUT2D eigenvalue weighted by Gasteiger charge is 2.30. The highest BCUT2D eigenvalue weighted by atomic mass is 19.4. The van der Waals surface area contributed by atoms with E-state index in [1.165, 1.54) is 6.07 Å². The highest BCUT2D eigenvalue weighted by molar-refractivity contribution is 5.88. The van der Waals surface area contributed by atoms with E-state index in [2.05, 4.69) is 4.74 Å². The van der Waals surface area contributed by atoms with E-state index >= 15 is 4.39 Å². The lowest BCUT2D eigenvalue weighted by Crippen LogP contribution is -2.20. The minimum absolute atomic E-state index is 0.0449. The number of halogens is 7. The maximum atomic E-state index is 15.2. The van der Waals surface area contributed by atoms with Crippen LogP contribution in [0.15, 0.2) is 60.7 Å². The third-order valence-corrected chi connectivity index (χ3v) is 6.04. The Hall–Kier alpha value is -3.55. The molecule has 37 heavy (non-hydrogen) atoms. The second-order valence-corrected chi connectivity index (χ2v) is 8.83. The molecule has 0 saturated heterocycles. The molecular weight excluding hydrogens is 497 g/mol. The van der Waals surface area contributed by atoms with Gasteiger partial charge < -0.3 is 4.74 Å². The van der Waals surface area contributed by atoms with Gasteiger partial charge in [0.25, 0.3) is 0 Å². The van der Waals surface area contributed by atoms with Crippen molar-refractivity contribution in [3.05, 3.63) is 101 Å². The molecule has 0 aliphatic rings. The monoisotopic (exact) mass is 520 g/mol. The molecule has 4 rings (SSSR count). The second-order valence-electron chi connectivity index (χ2n) is 8.83. The number of fused-ring (bicyclic) bond motifs is 1. The van der Waals surface area contributed by atoms with Gasteiger partial charge in [-0.1, -0.05) is 49.7 Å². The molecule has 4 aromatic carbocycles. The van der Waals surface area contributed by atoms with Crippen molar-refractivity contribution in [1.82, 2.24) is 0 Å². The van der Waals surface area contributed by atoms with E-state index in [4.69, 9.17) is 0 Å². The molecule has 0 bridgehead atoms. The zero-order valence-corrected chi connectivity index (χ0v) is 19.9. The number of hydrogen-bond acceptors (Lipinski definition) is 1. The smallest absolute Gasteiger partial charge is 0.422 e. The summed E-state index contributed by atoms with van der Waals surface area (Å²) in [5.41, 5.74) is 2.38. The average Bonchev–Trinajstić information content (AvgIpc) is 2.82. The van der Waals surface area contributed by atoms with Crippen LogP contribution < -0.4 is 4.74 Å². The molecule has 0 aliphatic carbocycles. The van der Waals surface area contributed by atoms with Crippen molar-refractivity contribution in [1.29, 1.82) is 0 Å². The normalized spacial score (nSPS) is 11.8. The predicted octanol–water partition coefficient (Wildman–Crippen LogP) is 8.74. The number of benzene rings is 4. The van der Waals surface area contributed by atoms with Gasteiger partial charge in [-0.3, -0.25) is 0 Å². The first kappa shape index (κ1) is 26.5. The summed E-state index contributed by atoms with van der Waals surface area (Å²) in [6, 6.07) is 15.0. The fourth-order valence-electron chi connectivity index (χ4n) is 4.26. The molecule has 0 radical (unpaired) electrons. The quantitative estimate of drug-likeness (QED) is 0.211. The Morgan fingerprint density at radius 1 is 0.703 bits per heavy atom. The molecule has 0 aliphatic heterocycles. The molecule has 0 spiro atoms. The molecule has 0 aromatic heterocycles. The van der Waals surface area contributed by atoms with Crippen LogP contribution in [0.25, 0.3) is 21.9 Å². The largest absolute Gasteiger partial charge is 0.478 e. The first-order valence-corrected chi connectivity index (χ1v) is 11.7. The third-order valence-electron chi connectivity index (χ3n) is 6.04. The summed E-state index contributed by atoms with van der Waals surface area (Å²) in [5, 5.41) is 0.886. The summed E-state index contributed by atoms with van der Waals surface area (Å²) in [5.74, 6) is -4.49. The first-order chi connectivity index (χ1) is 17.6. The fourth-order valence-corrected chi connectivity index (χ4v) is 4.26. The van der Waals surface area contributed by atoms with Crippen LogP contribution in [0.1, 0.15) is 30.0 Å². The van der Waals surface area contributed by atoms with E-state index in [1.54, 1.807) is 36.4 Å². The first-order valence-electron chi connectivity index (χ1n) is 11.7. The van der Waals surface area contributed by atoms with Crippen molar-refractivity contribution < 1.29 is 35.5 Å². The van der Waals surface area contributed by atoms with Crippen molar-refractivity contribution in [3.8, 4) is 16.9 Å². The molecule has 4 aromatic rings. The Morgan fingerprint density at radius 3 is 2.05 bits per heavy atom. The number of aryl methyl sites for hydroxylation is 3. The Bertz CT molecular complexity index is 1400. The molecule has 0 saturated carbocycles. The SMILES string of the molecule is CCCc1ccc(-c2ccc3c(F)c(CCc4cc(F)c(OCC(F)(F)F)c(F)c4)ccc3c2)c(F)c1. The molecule has 0 amide bonds. The minimum Gasteiger partial charge on any atom is -0.478 e. The molecule has 1 nitrogen and oxygen atoms in total. The third kappa shape index (κ3) is 6.24. The zero-order valence-electron chi connectivity index (χ0n) is 19.9. The van der Waals surface area contributed by atoms with Gasteiger partial charge in [0, 0.05) is 10.9 Å². The Kier molecular flexibility index (Phi) is 7.76. The predicted molar refractivity (Wildman–Crippen MR) is 129 cm³/mol. The molecule has 194 valence electrons. The molecule has 8 heteroatoms. The Balaban J connectivity index is 1.52. The lowest BCUT2D eigenvalue weighted by Gasteiger charge is -2.12. The van der Waals surface area contributed by atoms with Crippen LogP contribution in [-0.4, -0.2) is 12.8 Å². The van der Waals surface area contributed by atoms with Gasteiger partial charge in [0.15, 0.2) is 24.0 Å². The van der Waals surface area contributed by atoms with Gasteiger partial charge >= 0.3 is 6.18 Å². The van der Waals surface area contributed by atoms with Crippen molar-refractivity contribution in [3.63, 3.8) is 0 Å². The van der Waals surface area contributed by atoms with Gasteiger partial charge in [0.05, 0.1) is 0 Å². The lowest BCUT2D eigenvalue weighted by molar-refractivity contribution is -0.154. The molecule has 0 atom stereocenters. The van der Waals surface area contributed by atoms with Crippen molar-refractivity contribution in [2.45, 2.75) is 38.8 Å². The summed E-state index contributed by atoms with van der Waals surface area (Å²) in [4.78, 5) is 0. The fraction of sp³-hybridized carbons (Fsp3) is 0.241. The molecule has 0 heterocycles. The Labute approximate surface area is 209 Å². The van der Waals surface area contributed by atoms with Gasteiger partial charge in [-0.15, -0.1) is 0 Å². The van der Waals surface area contributed by atoms with Gasteiger partial charge in [-0.25, -0.2) is 17.6 Å². The summed E-state index contributed by atoms with van der Waals surface area (Å²) < 4.78 is 99.2. The van der Waals surface area contributed by atoms with Gasteiger partial charge in [0.2, 0.25) is 0 Å². The van der Waals surface area contributed by atoms with Crippen LogP contribution in [0, 0.1) is 23.3 Å². The zero-order chi connectivity index (χ0) is 26.7. The van der Waals surface area contributed by atoms with Gasteiger partial charge in [-0.05, 0) is 71.2 Å². The van der Waals surface area contributed by atoms with Crippen LogP contribution in [0.5, 0.6) is 5.75 Å². The average molecular weight is 520 g/mol. The van der Waals surface area contributed by atoms with Crippen molar-refractivity contribution in [2.75, 3.05) is 6.61 Å². The topological polar surface area (TPSA) is 9.23 Å². The van der Waals surface area contributed by atoms with E-state index in [0.717, 1.165) is 30.5 Å². The maximum absolute atomic E-state index is 15.2. The molecular formula is C29H23F7O. The van der Waals surface area contributed by atoms with E-state index in [9.17, 15) is 26.3 Å². The van der Waals surface area contributed by atoms with Crippen molar-refractivity contribution in [2.24, 2.45) is 0 Å². The summed E-state index contributed by atoms with van der Waals surface area (Å²) in [6.45, 7) is 0.197. The minimum atomic E-state index is -4.74. The number of rotatable bonds is 8. The van der Waals surface area contributed by atoms with Gasteiger partial charge in [0.1, 0.15) is 11.6 Å². The van der Waals surface area contributed by atoms with Crippen LogP contribution >= 0.6 is 0 Å². The second kappa shape index (κ2) is 10.8. The van der Waals surface area contributed by atoms with E-state index in [0.29, 0.717) is 27.5 Å². The molecule has 0 fully saturated rings. The van der Waals surface area contributed by atoms with E-state index in [-0.39, 0.29) is 24.2 Å². The lowest BCUT2D eigenvalue weighted by atomic mass is 9.96. The van der Waals surface area contributed by atoms with Crippen LogP contribution in [0.3, 0.4) is 0 Å². The summed E-state index contributed by atoms with van der Waals surface area (Å²) in [6.07, 6.45) is -2.92. The molecule has 0 N–H and O–H groups in total. The van der Waals surface area contributed by atoms with Crippen LogP contribution in [0.4, 0.5) is 30.7 Å². The van der Waals surface area contributed by atoms with Crippen LogP contribution in [0.2, 0.25) is 0 Å². The van der Waals surface area contributed by atoms with Crippen molar-refractivity contribution >= 4 is 10.8 Å². The summed E-state index contributed by atoms with van der Waals surface area (Å²) >= 11 is 0. The summed E-state index contributed by atoms with van der Waals surface area (Å²) in [7, 11) is 0. The highest BCUT2D eigenvalue weighted by Crippen LogP contribution is 2.31. The standard InChI is InChI=1S/C29H23F7O/c1-2-3-17-5-10-22(24(30)12-17)20-9-11-23-21(15-20)8-7-19(27(23)33)6-4-18-13-25(31)28(26(32)14-18)37-16-29(34,35)36/h5,7-15H,2-4,6,16H2,1H3. The van der Waals surface area contributed by atoms with Crippen LogP contribution in [-0.2, 0) is 19.3 Å². The number of ether oxygens (including phenoxy) is 1. The maximum Gasteiger partial charge on any atom is 0.422 e. The number of alkyl halides is 3. The number of hydrogen-bond donors (Lipinski definition) is 0.